The zero-order valence-corrected chi connectivity index (χ0v) is 9.49. The van der Waals surface area contributed by atoms with Gasteiger partial charge in [0.25, 0.3) is 5.88 Å². The first-order valence-electron chi connectivity index (χ1n) is 4.77. The maximum atomic E-state index is 12.3. The van der Waals surface area contributed by atoms with E-state index in [-0.39, 0.29) is 17.3 Å². The largest absolute Gasteiger partial charge is 0.478 e. The Morgan fingerprint density at radius 1 is 1.44 bits per heavy atom. The van der Waals surface area contributed by atoms with Gasteiger partial charge in [0, 0.05) is 0 Å². The molecule has 8 heteroatoms. The summed E-state index contributed by atoms with van der Waals surface area (Å²) in [5.74, 6) is -1.90. The molecule has 1 rings (SSSR count). The van der Waals surface area contributed by atoms with Crippen LogP contribution < -0.4 is 9.47 Å². The Morgan fingerprint density at radius 3 is 2.50 bits per heavy atom. The van der Waals surface area contributed by atoms with Gasteiger partial charge in [-0.1, -0.05) is 0 Å². The van der Waals surface area contributed by atoms with Gasteiger partial charge >= 0.3 is 12.1 Å². The summed E-state index contributed by atoms with van der Waals surface area (Å²) in [6.07, 6.45) is -6.58. The van der Waals surface area contributed by atoms with Crippen LogP contribution in [-0.2, 0) is 0 Å². The molecule has 0 saturated carbocycles. The number of halogens is 3. The maximum Gasteiger partial charge on any atom is 0.425 e. The van der Waals surface area contributed by atoms with Crippen molar-refractivity contribution in [3.63, 3.8) is 0 Å². The normalized spacial score (nSPS) is 12.9. The lowest BCUT2D eigenvalue weighted by molar-refractivity contribution is -0.189. The summed E-state index contributed by atoms with van der Waals surface area (Å²) in [5, 5.41) is 8.67. The van der Waals surface area contributed by atoms with Gasteiger partial charge in [0.05, 0.1) is 7.11 Å². The molecule has 0 spiro atoms. The van der Waals surface area contributed by atoms with Crippen LogP contribution in [0.25, 0.3) is 0 Å². The molecule has 0 radical (unpaired) electrons. The lowest BCUT2D eigenvalue weighted by atomic mass is 10.3. The van der Waals surface area contributed by atoms with Crippen molar-refractivity contribution in [2.24, 2.45) is 0 Å². The highest BCUT2D eigenvalue weighted by Gasteiger charge is 2.38. The van der Waals surface area contributed by atoms with Crippen LogP contribution in [0.5, 0.6) is 11.6 Å². The van der Waals surface area contributed by atoms with Crippen LogP contribution in [0.15, 0.2) is 12.1 Å². The zero-order chi connectivity index (χ0) is 13.9. The molecule has 0 bridgehead atoms. The Hall–Kier alpha value is -1.99. The minimum Gasteiger partial charge on any atom is -0.478 e. The number of carbonyl (C=O) groups is 1. The van der Waals surface area contributed by atoms with Gasteiger partial charge < -0.3 is 14.6 Å². The van der Waals surface area contributed by atoms with E-state index in [1.807, 2.05) is 0 Å². The maximum absolute atomic E-state index is 12.3. The minimum absolute atomic E-state index is 0.271. The summed E-state index contributed by atoms with van der Waals surface area (Å²) in [6, 6.07) is 2.10. The number of hydrogen-bond acceptors (Lipinski definition) is 4. The number of methoxy groups -OCH3 is 1. The summed E-state index contributed by atoms with van der Waals surface area (Å²) in [4.78, 5) is 14.1. The van der Waals surface area contributed by atoms with Gasteiger partial charge in [0.1, 0.15) is 0 Å². The number of nitrogens with zero attached hydrogens (tertiary/aromatic N) is 1. The van der Waals surface area contributed by atoms with Crippen molar-refractivity contribution in [2.45, 2.75) is 19.2 Å². The van der Waals surface area contributed by atoms with Crippen molar-refractivity contribution in [1.82, 2.24) is 4.98 Å². The monoisotopic (exact) mass is 265 g/mol. The van der Waals surface area contributed by atoms with E-state index in [4.69, 9.17) is 5.11 Å². The number of alkyl halides is 3. The Balaban J connectivity index is 3.00. The molecule has 0 aromatic carbocycles. The number of rotatable bonds is 4. The number of ether oxygens (including phenoxy) is 2. The predicted octanol–water partition coefficient (Wildman–Crippen LogP) is 2.12. The molecule has 5 nitrogen and oxygen atoms in total. The number of aromatic nitrogens is 1. The van der Waals surface area contributed by atoms with Gasteiger partial charge in [-0.25, -0.2) is 9.78 Å². The second-order valence-corrected chi connectivity index (χ2v) is 3.31. The number of carboxylic acids is 1. The Bertz CT molecular complexity index is 447. The molecular formula is C10H10F3NO4. The second-order valence-electron chi connectivity index (χ2n) is 3.31. The highest BCUT2D eigenvalue weighted by Crippen LogP contribution is 2.30. The molecule has 18 heavy (non-hydrogen) atoms. The minimum atomic E-state index is -4.53. The van der Waals surface area contributed by atoms with Crippen LogP contribution >= 0.6 is 0 Å². The molecule has 0 aliphatic rings. The smallest absolute Gasteiger partial charge is 0.425 e. The molecule has 1 N–H and O–H groups in total. The number of carboxylic acid groups (broad SMARTS) is 1. The molecule has 0 aliphatic heterocycles. The highest BCUT2D eigenvalue weighted by atomic mass is 19.4. The SMILES string of the molecule is COc1nc(C(=O)O)ccc1OC(C)C(F)(F)F. The predicted molar refractivity (Wildman–Crippen MR) is 53.9 cm³/mol. The van der Waals surface area contributed by atoms with E-state index in [0.29, 0.717) is 0 Å². The average Bonchev–Trinajstić information content (AvgIpc) is 2.27. The number of pyridine rings is 1. The van der Waals surface area contributed by atoms with Crippen LogP contribution in [-0.4, -0.2) is 35.4 Å². The van der Waals surface area contributed by atoms with Gasteiger partial charge in [-0.05, 0) is 19.1 Å². The number of aromatic carboxylic acids is 1. The van der Waals surface area contributed by atoms with E-state index < -0.39 is 18.2 Å². The van der Waals surface area contributed by atoms with E-state index in [1.54, 1.807) is 0 Å². The molecule has 0 saturated heterocycles. The standard InChI is InChI=1S/C10H10F3NO4/c1-5(10(11,12)13)18-7-4-3-6(9(15)16)14-8(7)17-2/h3-5H,1-2H3,(H,15,16). The van der Waals surface area contributed by atoms with E-state index in [0.717, 1.165) is 26.2 Å². The Morgan fingerprint density at radius 2 is 2.06 bits per heavy atom. The topological polar surface area (TPSA) is 68.7 Å². The fourth-order valence-corrected chi connectivity index (χ4v) is 1.04. The third-order valence-corrected chi connectivity index (χ3v) is 2.00. The first kappa shape index (κ1) is 14.1. The molecule has 0 amide bonds. The molecule has 1 aromatic heterocycles. The van der Waals surface area contributed by atoms with Crippen LogP contribution in [0.1, 0.15) is 17.4 Å². The van der Waals surface area contributed by atoms with Crippen LogP contribution in [0, 0.1) is 0 Å². The molecule has 1 atom stereocenters. The first-order chi connectivity index (χ1) is 8.25. The third kappa shape index (κ3) is 3.25. The summed E-state index contributed by atoms with van der Waals surface area (Å²) in [5.41, 5.74) is -0.348. The van der Waals surface area contributed by atoms with E-state index >= 15 is 0 Å². The fourth-order valence-electron chi connectivity index (χ4n) is 1.04. The first-order valence-corrected chi connectivity index (χ1v) is 4.77. The molecule has 0 fully saturated rings. The van der Waals surface area contributed by atoms with Gasteiger partial charge in [-0.15, -0.1) is 0 Å². The van der Waals surface area contributed by atoms with Crippen molar-refractivity contribution in [1.29, 1.82) is 0 Å². The molecule has 100 valence electrons. The van der Waals surface area contributed by atoms with Crippen molar-refractivity contribution in [2.75, 3.05) is 7.11 Å². The summed E-state index contributed by atoms with van der Waals surface area (Å²) >= 11 is 0. The van der Waals surface area contributed by atoms with Crippen LogP contribution in [0.2, 0.25) is 0 Å². The zero-order valence-electron chi connectivity index (χ0n) is 9.49. The Kier molecular flexibility index (Phi) is 4.00. The average molecular weight is 265 g/mol. The van der Waals surface area contributed by atoms with Crippen LogP contribution in [0.3, 0.4) is 0 Å². The third-order valence-electron chi connectivity index (χ3n) is 2.00. The van der Waals surface area contributed by atoms with Gasteiger partial charge in [-0.2, -0.15) is 13.2 Å². The summed E-state index contributed by atoms with van der Waals surface area (Å²) in [7, 11) is 1.15. The second kappa shape index (κ2) is 5.11. The van der Waals surface area contributed by atoms with Crippen molar-refractivity contribution in [3.8, 4) is 11.6 Å². The van der Waals surface area contributed by atoms with Crippen LogP contribution in [0.4, 0.5) is 13.2 Å². The summed E-state index contributed by atoms with van der Waals surface area (Å²) < 4.78 is 46.2. The fraction of sp³-hybridized carbons (Fsp3) is 0.400. The van der Waals surface area contributed by atoms with Gasteiger partial charge in [0.2, 0.25) is 0 Å². The van der Waals surface area contributed by atoms with Crippen molar-refractivity contribution < 1.29 is 32.5 Å². The number of hydrogen-bond donors (Lipinski definition) is 1. The van der Waals surface area contributed by atoms with E-state index in [9.17, 15) is 18.0 Å². The van der Waals surface area contributed by atoms with E-state index in [1.165, 1.54) is 0 Å². The van der Waals surface area contributed by atoms with Crippen molar-refractivity contribution in [3.05, 3.63) is 17.8 Å². The molecule has 0 aliphatic carbocycles. The molecule has 1 unspecified atom stereocenters. The molecular weight excluding hydrogens is 255 g/mol. The summed E-state index contributed by atoms with van der Waals surface area (Å²) in [6.45, 7) is 0.824. The lowest BCUT2D eigenvalue weighted by Crippen LogP contribution is -2.31. The van der Waals surface area contributed by atoms with Crippen molar-refractivity contribution >= 4 is 5.97 Å². The Labute approximate surface area is 100 Å². The lowest BCUT2D eigenvalue weighted by Gasteiger charge is -2.18. The molecule has 1 aromatic rings. The highest BCUT2D eigenvalue weighted by molar-refractivity contribution is 5.85. The quantitative estimate of drug-likeness (QED) is 0.903. The van der Waals surface area contributed by atoms with E-state index in [2.05, 4.69) is 14.5 Å². The molecule has 1 heterocycles. The van der Waals surface area contributed by atoms with Gasteiger partial charge in [-0.3, -0.25) is 0 Å². The van der Waals surface area contributed by atoms with Gasteiger partial charge in [0.15, 0.2) is 17.5 Å².